The number of hydrogen-bond donors (Lipinski definition) is 1. The summed E-state index contributed by atoms with van der Waals surface area (Å²) in [4.78, 5) is 36.9. The van der Waals surface area contributed by atoms with Gasteiger partial charge in [0, 0.05) is 0 Å². The number of benzene rings is 1. The van der Waals surface area contributed by atoms with Gasteiger partial charge < -0.3 is 14.4 Å². The van der Waals surface area contributed by atoms with E-state index in [0.717, 1.165) is 0 Å². The molecule has 0 saturated carbocycles. The molecule has 112 valence electrons. The van der Waals surface area contributed by atoms with Crippen molar-refractivity contribution < 1.29 is 23.9 Å². The monoisotopic (exact) mass is 292 g/mol. The summed E-state index contributed by atoms with van der Waals surface area (Å²) in [5, 5.41) is 2.19. The molecular formula is C14H16N2O5. The summed E-state index contributed by atoms with van der Waals surface area (Å²) in [6, 6.07) is 4.14. The largest absolute Gasteiger partial charge is 0.493 e. The van der Waals surface area contributed by atoms with Crippen molar-refractivity contribution in [3.63, 3.8) is 0 Å². The number of nitrogens with one attached hydrogen (secondary N) is 1. The highest BCUT2D eigenvalue weighted by atomic mass is 16.5. The van der Waals surface area contributed by atoms with Gasteiger partial charge in [0.15, 0.2) is 11.5 Å². The lowest BCUT2D eigenvalue weighted by molar-refractivity contribution is -0.138. The van der Waals surface area contributed by atoms with Crippen LogP contribution in [0.2, 0.25) is 0 Å². The molecule has 0 radical (unpaired) electrons. The summed E-state index contributed by atoms with van der Waals surface area (Å²) >= 11 is 0. The molecule has 0 aliphatic carbocycles. The summed E-state index contributed by atoms with van der Waals surface area (Å²) in [6.07, 6.45) is 0. The van der Waals surface area contributed by atoms with Crippen LogP contribution in [-0.2, 0) is 9.59 Å². The standard InChI is InChI=1S/C14H16N2O5/c1-8-13(18)15-11(17)7-16(8)14(19)9-5-4-6-10(20-2)12(9)21-3/h4-6,8H,7H2,1-3H3,(H,15,17,18). The second kappa shape index (κ2) is 5.82. The molecule has 0 bridgehead atoms. The molecule has 1 heterocycles. The first-order valence-electron chi connectivity index (χ1n) is 6.35. The van der Waals surface area contributed by atoms with Crippen LogP contribution in [0.4, 0.5) is 0 Å². The van der Waals surface area contributed by atoms with Crippen LogP contribution in [0, 0.1) is 0 Å². The molecule has 1 unspecified atom stereocenters. The van der Waals surface area contributed by atoms with Gasteiger partial charge in [-0.25, -0.2) is 0 Å². The van der Waals surface area contributed by atoms with Gasteiger partial charge in [-0.2, -0.15) is 0 Å². The van der Waals surface area contributed by atoms with Gasteiger partial charge >= 0.3 is 0 Å². The highest BCUT2D eigenvalue weighted by molar-refractivity contribution is 6.08. The number of carbonyl (C=O) groups excluding carboxylic acids is 3. The fourth-order valence-corrected chi connectivity index (χ4v) is 2.17. The van der Waals surface area contributed by atoms with Crippen molar-refractivity contribution in [3.8, 4) is 11.5 Å². The maximum Gasteiger partial charge on any atom is 0.258 e. The van der Waals surface area contributed by atoms with E-state index in [9.17, 15) is 14.4 Å². The predicted octanol–water partition coefficient (Wildman–Crippen LogP) is 0.191. The quantitative estimate of drug-likeness (QED) is 0.804. The summed E-state index contributed by atoms with van der Waals surface area (Å²) in [5.74, 6) is -0.782. The number of rotatable bonds is 3. The van der Waals surface area contributed by atoms with E-state index in [-0.39, 0.29) is 17.9 Å². The minimum atomic E-state index is -0.730. The van der Waals surface area contributed by atoms with E-state index in [0.29, 0.717) is 5.75 Å². The molecule has 7 nitrogen and oxygen atoms in total. The Morgan fingerprint density at radius 1 is 1.29 bits per heavy atom. The Hall–Kier alpha value is -2.57. The van der Waals surface area contributed by atoms with Crippen LogP contribution in [0.1, 0.15) is 17.3 Å². The zero-order valence-electron chi connectivity index (χ0n) is 12.0. The minimum Gasteiger partial charge on any atom is -0.493 e. The Labute approximate surface area is 121 Å². The summed E-state index contributed by atoms with van der Waals surface area (Å²) in [5.41, 5.74) is 0.242. The van der Waals surface area contributed by atoms with Gasteiger partial charge in [-0.3, -0.25) is 19.7 Å². The molecule has 7 heteroatoms. The number of carbonyl (C=O) groups is 3. The van der Waals surface area contributed by atoms with E-state index in [4.69, 9.17) is 9.47 Å². The van der Waals surface area contributed by atoms with Gasteiger partial charge in [-0.15, -0.1) is 0 Å². The van der Waals surface area contributed by atoms with E-state index in [1.54, 1.807) is 25.1 Å². The Kier molecular flexibility index (Phi) is 4.11. The smallest absolute Gasteiger partial charge is 0.258 e. The molecular weight excluding hydrogens is 276 g/mol. The number of para-hydroxylation sites is 1. The molecule has 21 heavy (non-hydrogen) atoms. The third-order valence-corrected chi connectivity index (χ3v) is 3.32. The number of nitrogens with zero attached hydrogens (tertiary/aromatic N) is 1. The maximum absolute atomic E-state index is 12.6. The second-order valence-corrected chi connectivity index (χ2v) is 4.56. The van der Waals surface area contributed by atoms with Crippen molar-refractivity contribution in [3.05, 3.63) is 23.8 Å². The van der Waals surface area contributed by atoms with E-state index in [2.05, 4.69) is 5.32 Å². The Morgan fingerprint density at radius 2 is 2.00 bits per heavy atom. The Balaban J connectivity index is 2.40. The van der Waals surface area contributed by atoms with Gasteiger partial charge in [-0.05, 0) is 19.1 Å². The first-order valence-corrected chi connectivity index (χ1v) is 6.35. The SMILES string of the molecule is COc1cccc(C(=O)N2CC(=O)NC(=O)C2C)c1OC. The molecule has 1 saturated heterocycles. The van der Waals surface area contributed by atoms with Crippen LogP contribution >= 0.6 is 0 Å². The van der Waals surface area contributed by atoms with E-state index < -0.39 is 23.8 Å². The van der Waals surface area contributed by atoms with E-state index in [1.807, 2.05) is 0 Å². The van der Waals surface area contributed by atoms with Crippen molar-refractivity contribution in [2.24, 2.45) is 0 Å². The summed E-state index contributed by atoms with van der Waals surface area (Å²) in [6.45, 7) is 1.39. The second-order valence-electron chi connectivity index (χ2n) is 4.56. The number of amides is 3. The van der Waals surface area contributed by atoms with Crippen LogP contribution < -0.4 is 14.8 Å². The normalized spacial score (nSPS) is 18.2. The van der Waals surface area contributed by atoms with Crippen molar-refractivity contribution >= 4 is 17.7 Å². The molecule has 1 atom stereocenters. The minimum absolute atomic E-state index is 0.174. The van der Waals surface area contributed by atoms with Crippen molar-refractivity contribution in [1.82, 2.24) is 10.2 Å². The van der Waals surface area contributed by atoms with E-state index >= 15 is 0 Å². The highest BCUT2D eigenvalue weighted by Crippen LogP contribution is 2.32. The molecule has 1 aromatic rings. The zero-order chi connectivity index (χ0) is 15.6. The molecule has 3 amide bonds. The average Bonchev–Trinajstić information content (AvgIpc) is 2.49. The number of piperazine rings is 1. The summed E-state index contributed by atoms with van der Waals surface area (Å²) < 4.78 is 10.4. The lowest BCUT2D eigenvalue weighted by atomic mass is 10.1. The first-order chi connectivity index (χ1) is 9.99. The molecule has 1 aliphatic heterocycles. The fourth-order valence-electron chi connectivity index (χ4n) is 2.17. The lowest BCUT2D eigenvalue weighted by Gasteiger charge is -2.32. The molecule has 1 N–H and O–H groups in total. The van der Waals surface area contributed by atoms with Crippen LogP contribution in [0.25, 0.3) is 0 Å². The topological polar surface area (TPSA) is 84.9 Å². The van der Waals surface area contributed by atoms with Gasteiger partial charge in [0.25, 0.3) is 5.91 Å². The highest BCUT2D eigenvalue weighted by Gasteiger charge is 2.35. The molecule has 0 spiro atoms. The van der Waals surface area contributed by atoms with Crippen LogP contribution in [0.15, 0.2) is 18.2 Å². The predicted molar refractivity (Wildman–Crippen MR) is 73.2 cm³/mol. The maximum atomic E-state index is 12.6. The Bertz CT molecular complexity index is 599. The van der Waals surface area contributed by atoms with Crippen molar-refractivity contribution in [2.75, 3.05) is 20.8 Å². The number of hydrogen-bond acceptors (Lipinski definition) is 5. The van der Waals surface area contributed by atoms with Crippen LogP contribution in [0.3, 0.4) is 0 Å². The average molecular weight is 292 g/mol. The third kappa shape index (κ3) is 2.67. The van der Waals surface area contributed by atoms with Gasteiger partial charge in [-0.1, -0.05) is 6.07 Å². The van der Waals surface area contributed by atoms with Gasteiger partial charge in [0.2, 0.25) is 11.8 Å². The number of imide groups is 1. The zero-order valence-corrected chi connectivity index (χ0v) is 12.0. The summed E-state index contributed by atoms with van der Waals surface area (Å²) in [7, 11) is 2.89. The van der Waals surface area contributed by atoms with Crippen molar-refractivity contribution in [2.45, 2.75) is 13.0 Å². The lowest BCUT2D eigenvalue weighted by Crippen LogP contribution is -2.58. The fraction of sp³-hybridized carbons (Fsp3) is 0.357. The van der Waals surface area contributed by atoms with Crippen LogP contribution in [-0.4, -0.2) is 49.4 Å². The number of methoxy groups -OCH3 is 2. The third-order valence-electron chi connectivity index (χ3n) is 3.32. The molecule has 2 rings (SSSR count). The molecule has 1 fully saturated rings. The van der Waals surface area contributed by atoms with Gasteiger partial charge in [0.05, 0.1) is 19.8 Å². The first kappa shape index (κ1) is 14.8. The Morgan fingerprint density at radius 3 is 2.62 bits per heavy atom. The molecule has 0 aromatic heterocycles. The molecule has 1 aromatic carbocycles. The number of ether oxygens (including phenoxy) is 2. The van der Waals surface area contributed by atoms with Crippen molar-refractivity contribution in [1.29, 1.82) is 0 Å². The van der Waals surface area contributed by atoms with Crippen LogP contribution in [0.5, 0.6) is 11.5 Å². The van der Waals surface area contributed by atoms with E-state index in [1.165, 1.54) is 19.1 Å². The molecule has 1 aliphatic rings. The van der Waals surface area contributed by atoms with Gasteiger partial charge in [0.1, 0.15) is 12.6 Å².